The molecule has 1 aromatic heterocycles. The lowest BCUT2D eigenvalue weighted by atomic mass is 9.99. The van der Waals surface area contributed by atoms with Gasteiger partial charge >= 0.3 is 5.97 Å². The second-order valence-corrected chi connectivity index (χ2v) is 5.30. The number of aromatic carboxylic acids is 1. The lowest BCUT2D eigenvalue weighted by Crippen LogP contribution is -2.04. The van der Waals surface area contributed by atoms with Crippen LogP contribution in [0.2, 0.25) is 0 Å². The molecule has 4 nitrogen and oxygen atoms in total. The van der Waals surface area contributed by atoms with Crippen LogP contribution in [0.5, 0.6) is 0 Å². The summed E-state index contributed by atoms with van der Waals surface area (Å²) in [4.78, 5) is 11.2. The normalized spacial score (nSPS) is 11.1. The zero-order valence-electron chi connectivity index (χ0n) is 11.7. The summed E-state index contributed by atoms with van der Waals surface area (Å²) in [5.41, 5.74) is 1.55. The number of benzene rings is 1. The molecule has 1 N–H and O–H groups in total. The number of hydrogen-bond acceptors (Lipinski definition) is 2. The fraction of sp³-hybridized carbons (Fsp3) is 0.333. The molecule has 2 rings (SSSR count). The summed E-state index contributed by atoms with van der Waals surface area (Å²) >= 11 is 0. The number of rotatable bonds is 4. The maximum Gasteiger partial charge on any atom is 0.336 e. The largest absolute Gasteiger partial charge is 0.478 e. The van der Waals surface area contributed by atoms with Crippen molar-refractivity contribution in [2.75, 3.05) is 0 Å². The Morgan fingerprint density at radius 3 is 2.75 bits per heavy atom. The summed E-state index contributed by atoms with van der Waals surface area (Å²) < 4.78 is 15.3. The molecule has 0 fully saturated rings. The van der Waals surface area contributed by atoms with Gasteiger partial charge in [-0.2, -0.15) is 5.10 Å². The van der Waals surface area contributed by atoms with Gasteiger partial charge in [-0.05, 0) is 36.1 Å². The molecule has 20 heavy (non-hydrogen) atoms. The van der Waals surface area contributed by atoms with E-state index in [1.807, 2.05) is 0 Å². The van der Waals surface area contributed by atoms with Gasteiger partial charge in [0.2, 0.25) is 0 Å². The average Bonchev–Trinajstić information content (AvgIpc) is 2.79. The summed E-state index contributed by atoms with van der Waals surface area (Å²) in [6, 6.07) is 2.61. The highest BCUT2D eigenvalue weighted by atomic mass is 19.1. The van der Waals surface area contributed by atoms with Crippen LogP contribution in [0, 0.1) is 18.7 Å². The number of hydrogen-bond donors (Lipinski definition) is 1. The van der Waals surface area contributed by atoms with E-state index >= 15 is 0 Å². The molecule has 1 heterocycles. The van der Waals surface area contributed by atoms with Crippen molar-refractivity contribution in [2.24, 2.45) is 5.92 Å². The molecule has 0 unspecified atom stereocenters. The molecule has 0 aliphatic rings. The van der Waals surface area contributed by atoms with Gasteiger partial charge in [0.1, 0.15) is 5.82 Å². The molecular formula is C15H17FN2O2. The Morgan fingerprint density at radius 2 is 2.15 bits per heavy atom. The molecule has 5 heteroatoms. The highest BCUT2D eigenvalue weighted by Crippen LogP contribution is 2.26. The van der Waals surface area contributed by atoms with Gasteiger partial charge in [0, 0.05) is 18.3 Å². The van der Waals surface area contributed by atoms with Gasteiger partial charge < -0.3 is 5.11 Å². The van der Waals surface area contributed by atoms with E-state index in [4.69, 9.17) is 0 Å². The molecule has 0 atom stereocenters. The Bertz CT molecular complexity index is 647. The molecule has 1 aromatic carbocycles. The van der Waals surface area contributed by atoms with Crippen LogP contribution in [0.3, 0.4) is 0 Å². The monoisotopic (exact) mass is 276 g/mol. The van der Waals surface area contributed by atoms with Crippen molar-refractivity contribution in [2.45, 2.75) is 27.3 Å². The van der Waals surface area contributed by atoms with Crippen LogP contribution < -0.4 is 0 Å². The van der Waals surface area contributed by atoms with Crippen molar-refractivity contribution in [1.29, 1.82) is 0 Å². The van der Waals surface area contributed by atoms with Crippen LogP contribution in [0.1, 0.15) is 29.8 Å². The number of halogens is 1. The van der Waals surface area contributed by atoms with E-state index in [0.29, 0.717) is 22.6 Å². The zero-order valence-corrected chi connectivity index (χ0v) is 11.7. The summed E-state index contributed by atoms with van der Waals surface area (Å²) in [5.74, 6) is -1.21. The van der Waals surface area contributed by atoms with E-state index in [0.717, 1.165) is 12.6 Å². The van der Waals surface area contributed by atoms with E-state index in [1.165, 1.54) is 0 Å². The van der Waals surface area contributed by atoms with E-state index in [9.17, 15) is 14.3 Å². The number of carbonyl (C=O) groups is 1. The maximum absolute atomic E-state index is 13.5. The van der Waals surface area contributed by atoms with Gasteiger partial charge in [-0.1, -0.05) is 13.8 Å². The van der Waals surface area contributed by atoms with E-state index in [2.05, 4.69) is 18.9 Å². The molecular weight excluding hydrogens is 259 g/mol. The Labute approximate surface area is 116 Å². The third-order valence-corrected chi connectivity index (χ3v) is 3.03. The fourth-order valence-corrected chi connectivity index (χ4v) is 2.07. The zero-order chi connectivity index (χ0) is 14.9. The first-order chi connectivity index (χ1) is 9.38. The third-order valence-electron chi connectivity index (χ3n) is 3.03. The first kappa shape index (κ1) is 14.2. The molecule has 0 saturated heterocycles. The highest BCUT2D eigenvalue weighted by Gasteiger charge is 2.16. The fourth-order valence-electron chi connectivity index (χ4n) is 2.07. The minimum absolute atomic E-state index is 0.0443. The molecule has 0 saturated carbocycles. The molecule has 2 aromatic rings. The number of carboxylic acid groups (broad SMARTS) is 1. The van der Waals surface area contributed by atoms with Crippen molar-refractivity contribution in [3.63, 3.8) is 0 Å². The lowest BCUT2D eigenvalue weighted by molar-refractivity contribution is 0.0697. The Balaban J connectivity index is 2.48. The van der Waals surface area contributed by atoms with Gasteiger partial charge in [0.05, 0.1) is 11.8 Å². The van der Waals surface area contributed by atoms with Gasteiger partial charge in [0.15, 0.2) is 0 Å². The predicted octanol–water partition coefficient (Wildman–Crippen LogP) is 3.35. The number of carboxylic acids is 1. The Kier molecular flexibility index (Phi) is 3.88. The molecule has 0 aliphatic heterocycles. The molecule has 0 amide bonds. The van der Waals surface area contributed by atoms with Gasteiger partial charge in [-0.15, -0.1) is 0 Å². The number of nitrogens with zero attached hydrogens (tertiary/aromatic N) is 2. The van der Waals surface area contributed by atoms with Gasteiger partial charge in [-0.25, -0.2) is 9.18 Å². The highest BCUT2D eigenvalue weighted by molar-refractivity contribution is 5.96. The summed E-state index contributed by atoms with van der Waals surface area (Å²) in [5, 5.41) is 13.4. The van der Waals surface area contributed by atoms with Crippen LogP contribution >= 0.6 is 0 Å². The summed E-state index contributed by atoms with van der Waals surface area (Å²) in [6.07, 6.45) is 3.40. The Morgan fingerprint density at radius 1 is 1.45 bits per heavy atom. The average molecular weight is 276 g/mol. The van der Waals surface area contributed by atoms with Crippen molar-refractivity contribution in [3.8, 4) is 11.1 Å². The third kappa shape index (κ3) is 2.87. The summed E-state index contributed by atoms with van der Waals surface area (Å²) in [6.45, 7) is 6.52. The summed E-state index contributed by atoms with van der Waals surface area (Å²) in [7, 11) is 0. The molecule has 106 valence electrons. The van der Waals surface area contributed by atoms with Crippen LogP contribution in [-0.4, -0.2) is 20.9 Å². The van der Waals surface area contributed by atoms with Gasteiger partial charge in [-0.3, -0.25) is 4.68 Å². The molecule has 0 bridgehead atoms. The minimum atomic E-state index is -1.14. The Hall–Kier alpha value is -2.17. The van der Waals surface area contributed by atoms with Gasteiger partial charge in [0.25, 0.3) is 0 Å². The van der Waals surface area contributed by atoms with Crippen molar-refractivity contribution >= 4 is 5.97 Å². The van der Waals surface area contributed by atoms with Crippen molar-refractivity contribution in [3.05, 3.63) is 41.5 Å². The first-order valence-corrected chi connectivity index (χ1v) is 6.44. The van der Waals surface area contributed by atoms with E-state index in [1.54, 1.807) is 30.1 Å². The van der Waals surface area contributed by atoms with Crippen molar-refractivity contribution in [1.82, 2.24) is 9.78 Å². The topological polar surface area (TPSA) is 55.1 Å². The first-order valence-electron chi connectivity index (χ1n) is 6.44. The van der Waals surface area contributed by atoms with Crippen LogP contribution in [-0.2, 0) is 6.54 Å². The van der Waals surface area contributed by atoms with Crippen LogP contribution in [0.15, 0.2) is 24.5 Å². The quantitative estimate of drug-likeness (QED) is 0.931. The molecule has 0 aliphatic carbocycles. The second kappa shape index (κ2) is 5.45. The smallest absolute Gasteiger partial charge is 0.336 e. The standard InChI is InChI=1S/C15H17FN2O2/c1-9(2)7-18-8-11(6-17-18)12-4-10(3)14(16)5-13(12)15(19)20/h4-6,8-9H,7H2,1-3H3,(H,19,20). The van der Waals surface area contributed by atoms with Crippen LogP contribution in [0.25, 0.3) is 11.1 Å². The van der Waals surface area contributed by atoms with Crippen molar-refractivity contribution < 1.29 is 14.3 Å². The lowest BCUT2D eigenvalue weighted by Gasteiger charge is -2.07. The minimum Gasteiger partial charge on any atom is -0.478 e. The SMILES string of the molecule is Cc1cc(-c2cnn(CC(C)C)c2)c(C(=O)O)cc1F. The van der Waals surface area contributed by atoms with Crippen LogP contribution in [0.4, 0.5) is 4.39 Å². The maximum atomic E-state index is 13.5. The molecule has 0 radical (unpaired) electrons. The predicted molar refractivity (Wildman–Crippen MR) is 74.2 cm³/mol. The number of aromatic nitrogens is 2. The number of aryl methyl sites for hydroxylation is 1. The van der Waals surface area contributed by atoms with E-state index < -0.39 is 11.8 Å². The molecule has 0 spiro atoms. The second-order valence-electron chi connectivity index (χ2n) is 5.30. The van der Waals surface area contributed by atoms with E-state index in [-0.39, 0.29) is 5.56 Å².